The molecular formula is C12H16O3S. The summed E-state index contributed by atoms with van der Waals surface area (Å²) in [5.41, 5.74) is 0.489. The number of carbonyl (C=O) groups is 1. The molecule has 88 valence electrons. The zero-order chi connectivity index (χ0) is 12.1. The van der Waals surface area contributed by atoms with Crippen molar-refractivity contribution < 1.29 is 14.3 Å². The van der Waals surface area contributed by atoms with Crippen molar-refractivity contribution in [1.29, 1.82) is 0 Å². The molecule has 4 heteroatoms. The Morgan fingerprint density at radius 2 is 2.12 bits per heavy atom. The van der Waals surface area contributed by atoms with Gasteiger partial charge in [-0.15, -0.1) is 12.6 Å². The molecule has 0 saturated heterocycles. The van der Waals surface area contributed by atoms with Crippen LogP contribution in [0.15, 0.2) is 23.1 Å². The minimum Gasteiger partial charge on any atom is -0.490 e. The summed E-state index contributed by atoms with van der Waals surface area (Å²) in [5, 5.41) is 0. The molecule has 16 heavy (non-hydrogen) atoms. The quantitative estimate of drug-likeness (QED) is 0.649. The van der Waals surface area contributed by atoms with Crippen LogP contribution in [-0.2, 0) is 4.74 Å². The van der Waals surface area contributed by atoms with E-state index >= 15 is 0 Å². The zero-order valence-electron chi connectivity index (χ0n) is 9.69. The smallest absolute Gasteiger partial charge is 0.338 e. The molecule has 0 aliphatic rings. The van der Waals surface area contributed by atoms with Gasteiger partial charge in [-0.25, -0.2) is 4.79 Å². The van der Waals surface area contributed by atoms with Gasteiger partial charge in [0, 0.05) is 4.90 Å². The molecule has 0 unspecified atom stereocenters. The molecule has 0 radical (unpaired) electrons. The van der Waals surface area contributed by atoms with Crippen LogP contribution in [0.1, 0.15) is 31.1 Å². The van der Waals surface area contributed by atoms with E-state index in [-0.39, 0.29) is 12.1 Å². The molecular weight excluding hydrogens is 224 g/mol. The summed E-state index contributed by atoms with van der Waals surface area (Å²) < 4.78 is 10.4. The molecule has 0 aliphatic carbocycles. The fourth-order valence-electron chi connectivity index (χ4n) is 1.21. The number of thiol groups is 1. The van der Waals surface area contributed by atoms with Crippen LogP contribution in [0.3, 0.4) is 0 Å². The first-order valence-electron chi connectivity index (χ1n) is 5.21. The normalized spacial score (nSPS) is 10.3. The van der Waals surface area contributed by atoms with E-state index in [9.17, 15) is 4.79 Å². The van der Waals surface area contributed by atoms with Crippen molar-refractivity contribution in [2.24, 2.45) is 0 Å². The van der Waals surface area contributed by atoms with Crippen molar-refractivity contribution >= 4 is 18.6 Å². The molecule has 0 spiro atoms. The number of carbonyl (C=O) groups excluding carboxylic acids is 1. The van der Waals surface area contributed by atoms with E-state index in [0.29, 0.717) is 22.8 Å². The Kier molecular flexibility index (Phi) is 4.68. The lowest BCUT2D eigenvalue weighted by Crippen LogP contribution is -2.08. The van der Waals surface area contributed by atoms with E-state index in [1.807, 2.05) is 13.8 Å². The van der Waals surface area contributed by atoms with Gasteiger partial charge in [-0.05, 0) is 39.0 Å². The first kappa shape index (κ1) is 12.9. The Labute approximate surface area is 101 Å². The van der Waals surface area contributed by atoms with Crippen molar-refractivity contribution in [2.75, 3.05) is 6.61 Å². The highest BCUT2D eigenvalue weighted by molar-refractivity contribution is 7.80. The third kappa shape index (κ3) is 3.45. The SMILES string of the molecule is CCOC(=O)c1ccc(OC(C)C)c(S)c1. The molecule has 0 heterocycles. The number of benzene rings is 1. The minimum absolute atomic E-state index is 0.0827. The van der Waals surface area contributed by atoms with E-state index in [1.54, 1.807) is 25.1 Å². The van der Waals surface area contributed by atoms with Crippen LogP contribution in [0.2, 0.25) is 0 Å². The molecule has 0 fully saturated rings. The summed E-state index contributed by atoms with van der Waals surface area (Å²) in [6.07, 6.45) is 0.0827. The second kappa shape index (κ2) is 5.80. The Morgan fingerprint density at radius 1 is 1.44 bits per heavy atom. The topological polar surface area (TPSA) is 35.5 Å². The third-order valence-corrected chi connectivity index (χ3v) is 2.18. The summed E-state index contributed by atoms with van der Waals surface area (Å²) in [6, 6.07) is 5.06. The molecule has 0 atom stereocenters. The van der Waals surface area contributed by atoms with Gasteiger partial charge in [0.2, 0.25) is 0 Å². The largest absolute Gasteiger partial charge is 0.490 e. The lowest BCUT2D eigenvalue weighted by Gasteiger charge is -2.12. The summed E-state index contributed by atoms with van der Waals surface area (Å²) in [7, 11) is 0. The second-order valence-electron chi connectivity index (χ2n) is 3.57. The first-order valence-corrected chi connectivity index (χ1v) is 5.66. The maximum atomic E-state index is 11.4. The average molecular weight is 240 g/mol. The van der Waals surface area contributed by atoms with Crippen molar-refractivity contribution in [3.63, 3.8) is 0 Å². The van der Waals surface area contributed by atoms with Gasteiger partial charge in [0.25, 0.3) is 0 Å². The Balaban J connectivity index is 2.86. The van der Waals surface area contributed by atoms with Gasteiger partial charge in [-0.3, -0.25) is 0 Å². The van der Waals surface area contributed by atoms with Crippen molar-refractivity contribution in [3.05, 3.63) is 23.8 Å². The Hall–Kier alpha value is -1.16. The molecule has 0 N–H and O–H groups in total. The van der Waals surface area contributed by atoms with Crippen LogP contribution in [0, 0.1) is 0 Å². The lowest BCUT2D eigenvalue weighted by molar-refractivity contribution is 0.0526. The number of hydrogen-bond acceptors (Lipinski definition) is 4. The molecule has 1 aromatic carbocycles. The highest BCUT2D eigenvalue weighted by Crippen LogP contribution is 2.25. The summed E-state index contributed by atoms with van der Waals surface area (Å²) >= 11 is 4.27. The number of ether oxygens (including phenoxy) is 2. The minimum atomic E-state index is -0.339. The molecule has 1 aromatic rings. The summed E-state index contributed by atoms with van der Waals surface area (Å²) in [6.45, 7) is 6.01. The van der Waals surface area contributed by atoms with E-state index < -0.39 is 0 Å². The fraction of sp³-hybridized carbons (Fsp3) is 0.417. The third-order valence-electron chi connectivity index (χ3n) is 1.83. The van der Waals surface area contributed by atoms with Crippen LogP contribution in [0.4, 0.5) is 0 Å². The van der Waals surface area contributed by atoms with Gasteiger partial charge >= 0.3 is 5.97 Å². The molecule has 0 aromatic heterocycles. The van der Waals surface area contributed by atoms with E-state index in [2.05, 4.69) is 12.6 Å². The summed E-state index contributed by atoms with van der Waals surface area (Å²) in [4.78, 5) is 12.1. The average Bonchev–Trinajstić information content (AvgIpc) is 2.20. The molecule has 1 rings (SSSR count). The van der Waals surface area contributed by atoms with Gasteiger partial charge in [-0.1, -0.05) is 0 Å². The van der Waals surface area contributed by atoms with Gasteiger partial charge < -0.3 is 9.47 Å². The maximum Gasteiger partial charge on any atom is 0.338 e. The predicted molar refractivity (Wildman–Crippen MR) is 65.4 cm³/mol. The monoisotopic (exact) mass is 240 g/mol. The van der Waals surface area contributed by atoms with Crippen molar-refractivity contribution in [2.45, 2.75) is 31.8 Å². The maximum absolute atomic E-state index is 11.4. The van der Waals surface area contributed by atoms with Crippen molar-refractivity contribution in [3.8, 4) is 5.75 Å². The van der Waals surface area contributed by atoms with E-state index in [0.717, 1.165) is 0 Å². The number of rotatable bonds is 4. The Morgan fingerprint density at radius 3 is 2.62 bits per heavy atom. The van der Waals surface area contributed by atoms with Crippen LogP contribution >= 0.6 is 12.6 Å². The molecule has 0 aliphatic heterocycles. The van der Waals surface area contributed by atoms with Gasteiger partial charge in [-0.2, -0.15) is 0 Å². The van der Waals surface area contributed by atoms with E-state index in [4.69, 9.17) is 9.47 Å². The number of esters is 1. The second-order valence-corrected chi connectivity index (χ2v) is 4.05. The molecule has 0 amide bonds. The lowest BCUT2D eigenvalue weighted by atomic mass is 10.2. The Bertz CT molecular complexity index is 375. The van der Waals surface area contributed by atoms with Crippen molar-refractivity contribution in [1.82, 2.24) is 0 Å². The van der Waals surface area contributed by atoms with Crippen LogP contribution < -0.4 is 4.74 Å². The van der Waals surface area contributed by atoms with E-state index in [1.165, 1.54) is 0 Å². The van der Waals surface area contributed by atoms with Gasteiger partial charge in [0.15, 0.2) is 0 Å². The zero-order valence-corrected chi connectivity index (χ0v) is 10.6. The van der Waals surface area contributed by atoms with Gasteiger partial charge in [0.1, 0.15) is 5.75 Å². The number of hydrogen-bond donors (Lipinski definition) is 1. The van der Waals surface area contributed by atoms with Crippen LogP contribution in [0.25, 0.3) is 0 Å². The molecule has 0 saturated carbocycles. The summed E-state index contributed by atoms with van der Waals surface area (Å²) in [5.74, 6) is 0.334. The highest BCUT2D eigenvalue weighted by atomic mass is 32.1. The highest BCUT2D eigenvalue weighted by Gasteiger charge is 2.10. The van der Waals surface area contributed by atoms with Crippen LogP contribution in [0.5, 0.6) is 5.75 Å². The molecule has 3 nitrogen and oxygen atoms in total. The first-order chi connectivity index (χ1) is 7.54. The predicted octanol–water partition coefficient (Wildman–Crippen LogP) is 2.94. The molecule has 0 bridgehead atoms. The van der Waals surface area contributed by atoms with Gasteiger partial charge in [0.05, 0.1) is 18.3 Å². The standard InChI is InChI=1S/C12H16O3S/c1-4-14-12(13)9-5-6-10(11(16)7-9)15-8(2)3/h5-8,16H,4H2,1-3H3. The van der Waals surface area contributed by atoms with Crippen LogP contribution in [-0.4, -0.2) is 18.7 Å². The fourth-order valence-corrected chi connectivity index (χ4v) is 1.48.